The first-order valence-corrected chi connectivity index (χ1v) is 9.87. The molecule has 0 bridgehead atoms. The van der Waals surface area contributed by atoms with Crippen LogP contribution in [0, 0.1) is 11.2 Å². The number of halogens is 1. The molecule has 152 valence electrons. The van der Waals surface area contributed by atoms with Crippen LogP contribution in [0.4, 0.5) is 10.4 Å². The summed E-state index contributed by atoms with van der Waals surface area (Å²) >= 11 is 0. The van der Waals surface area contributed by atoms with Crippen molar-refractivity contribution in [2.45, 2.75) is 32.7 Å². The smallest absolute Gasteiger partial charge is 0.302 e. The summed E-state index contributed by atoms with van der Waals surface area (Å²) in [5.74, 6) is 0.0909. The number of hydrogen-bond donors (Lipinski definition) is 2. The number of allylic oxidation sites excluding steroid dienone is 1. The van der Waals surface area contributed by atoms with Crippen LogP contribution in [0.5, 0.6) is 0 Å². The highest BCUT2D eigenvalue weighted by Gasteiger charge is 2.39. The predicted octanol–water partition coefficient (Wildman–Crippen LogP) is 4.72. The summed E-state index contributed by atoms with van der Waals surface area (Å²) in [5.41, 5.74) is 3.25. The third-order valence-electron chi connectivity index (χ3n) is 5.40. The van der Waals surface area contributed by atoms with Crippen LogP contribution in [0.15, 0.2) is 69.2 Å². The molecule has 7 heteroatoms. The Hall–Kier alpha value is -3.48. The molecule has 6 nitrogen and oxygen atoms in total. The number of carbonyl (C=O) groups is 1. The van der Waals surface area contributed by atoms with E-state index in [1.165, 1.54) is 12.1 Å². The SMILES string of the molecule is CC1(C)CC(=O)C2=C(C1)NC(Nc1nc3ccccc3o1)=N[C@@H]2c1cccc(F)c1. The fourth-order valence-corrected chi connectivity index (χ4v) is 4.14. The van der Waals surface area contributed by atoms with E-state index in [1.54, 1.807) is 12.1 Å². The monoisotopic (exact) mass is 404 g/mol. The lowest BCUT2D eigenvalue weighted by molar-refractivity contribution is -0.118. The first kappa shape index (κ1) is 18.5. The van der Waals surface area contributed by atoms with Crippen LogP contribution in [0.2, 0.25) is 0 Å². The molecular weight excluding hydrogens is 383 g/mol. The minimum absolute atomic E-state index is 0.0349. The number of ketones is 1. The number of para-hydroxylation sites is 2. The molecule has 0 fully saturated rings. The summed E-state index contributed by atoms with van der Waals surface area (Å²) < 4.78 is 19.7. The zero-order chi connectivity index (χ0) is 20.9. The third-order valence-corrected chi connectivity index (χ3v) is 5.40. The molecule has 1 atom stereocenters. The second-order valence-electron chi connectivity index (χ2n) is 8.51. The summed E-state index contributed by atoms with van der Waals surface area (Å²) in [5, 5.41) is 6.33. The zero-order valence-electron chi connectivity index (χ0n) is 16.7. The van der Waals surface area contributed by atoms with Crippen molar-refractivity contribution in [2.24, 2.45) is 10.4 Å². The molecule has 2 N–H and O–H groups in total. The highest BCUT2D eigenvalue weighted by molar-refractivity contribution is 6.03. The summed E-state index contributed by atoms with van der Waals surface area (Å²) in [6, 6.07) is 13.4. The molecule has 1 aromatic heterocycles. The zero-order valence-corrected chi connectivity index (χ0v) is 16.7. The molecule has 2 aromatic carbocycles. The maximum Gasteiger partial charge on any atom is 0.302 e. The van der Waals surface area contributed by atoms with Gasteiger partial charge in [-0.25, -0.2) is 9.38 Å². The van der Waals surface area contributed by atoms with Gasteiger partial charge in [-0.3, -0.25) is 10.1 Å². The van der Waals surface area contributed by atoms with Crippen LogP contribution in [0.25, 0.3) is 11.1 Å². The van der Waals surface area contributed by atoms with Gasteiger partial charge in [-0.2, -0.15) is 4.98 Å². The predicted molar refractivity (Wildman–Crippen MR) is 112 cm³/mol. The lowest BCUT2D eigenvalue weighted by Crippen LogP contribution is -2.41. The van der Waals surface area contributed by atoms with Gasteiger partial charge in [0.15, 0.2) is 11.4 Å². The Labute approximate surface area is 172 Å². The number of hydrogen-bond acceptors (Lipinski definition) is 6. The highest BCUT2D eigenvalue weighted by Crippen LogP contribution is 2.43. The number of nitrogens with one attached hydrogen (secondary N) is 2. The summed E-state index contributed by atoms with van der Waals surface area (Å²) in [4.78, 5) is 22.1. The second-order valence-corrected chi connectivity index (χ2v) is 8.51. The molecule has 0 amide bonds. The first-order chi connectivity index (χ1) is 14.4. The Bertz CT molecular complexity index is 1190. The fourth-order valence-electron chi connectivity index (χ4n) is 4.14. The van der Waals surface area contributed by atoms with Gasteiger partial charge in [0, 0.05) is 17.7 Å². The quantitative estimate of drug-likeness (QED) is 0.646. The Morgan fingerprint density at radius 1 is 1.17 bits per heavy atom. The number of fused-ring (bicyclic) bond motifs is 1. The molecule has 0 spiro atoms. The van der Waals surface area contributed by atoms with E-state index in [1.807, 2.05) is 24.3 Å². The van der Waals surface area contributed by atoms with Crippen molar-refractivity contribution >= 4 is 28.9 Å². The van der Waals surface area contributed by atoms with Gasteiger partial charge in [0.1, 0.15) is 17.4 Å². The summed E-state index contributed by atoms with van der Waals surface area (Å²) in [6.45, 7) is 4.13. The number of guanidine groups is 1. The van der Waals surface area contributed by atoms with Crippen LogP contribution in [0.1, 0.15) is 38.3 Å². The Kier molecular flexibility index (Phi) is 4.20. The number of oxazole rings is 1. The van der Waals surface area contributed by atoms with Gasteiger partial charge >= 0.3 is 6.01 Å². The normalized spacial score (nSPS) is 20.6. The molecule has 5 rings (SSSR count). The van der Waals surface area contributed by atoms with Crippen molar-refractivity contribution in [3.63, 3.8) is 0 Å². The van der Waals surface area contributed by atoms with E-state index in [0.717, 1.165) is 11.2 Å². The first-order valence-electron chi connectivity index (χ1n) is 9.87. The van der Waals surface area contributed by atoms with E-state index in [-0.39, 0.29) is 17.0 Å². The van der Waals surface area contributed by atoms with Crippen LogP contribution < -0.4 is 10.6 Å². The largest absolute Gasteiger partial charge is 0.423 e. The van der Waals surface area contributed by atoms with E-state index in [9.17, 15) is 9.18 Å². The van der Waals surface area contributed by atoms with Gasteiger partial charge in [0.25, 0.3) is 0 Å². The maximum atomic E-state index is 13.9. The van der Waals surface area contributed by atoms with Crippen LogP contribution in [-0.4, -0.2) is 16.7 Å². The van der Waals surface area contributed by atoms with Crippen molar-refractivity contribution in [1.29, 1.82) is 0 Å². The molecule has 0 radical (unpaired) electrons. The molecule has 1 aliphatic heterocycles. The fraction of sp³-hybridized carbons (Fsp3) is 0.261. The van der Waals surface area contributed by atoms with E-state index >= 15 is 0 Å². The number of Topliss-reactive ketones (excluding diaryl/α,β-unsaturated/α-hetero) is 1. The number of aromatic nitrogens is 1. The maximum absolute atomic E-state index is 13.9. The van der Waals surface area contributed by atoms with Crippen molar-refractivity contribution < 1.29 is 13.6 Å². The Balaban J connectivity index is 1.55. The topological polar surface area (TPSA) is 79.5 Å². The molecule has 30 heavy (non-hydrogen) atoms. The second kappa shape index (κ2) is 6.79. The third kappa shape index (κ3) is 3.36. The lowest BCUT2D eigenvalue weighted by atomic mass is 9.73. The van der Waals surface area contributed by atoms with E-state index in [0.29, 0.717) is 41.5 Å². The van der Waals surface area contributed by atoms with Crippen molar-refractivity contribution in [2.75, 3.05) is 5.32 Å². The number of carbonyl (C=O) groups excluding carboxylic acids is 1. The Morgan fingerprint density at radius 2 is 2.00 bits per heavy atom. The lowest BCUT2D eigenvalue weighted by Gasteiger charge is -2.37. The molecule has 2 heterocycles. The number of benzene rings is 2. The van der Waals surface area contributed by atoms with Crippen LogP contribution >= 0.6 is 0 Å². The van der Waals surface area contributed by atoms with Gasteiger partial charge in [0.2, 0.25) is 5.96 Å². The van der Waals surface area contributed by atoms with Gasteiger partial charge in [0.05, 0.1) is 0 Å². The molecule has 0 saturated carbocycles. The van der Waals surface area contributed by atoms with Gasteiger partial charge < -0.3 is 9.73 Å². The van der Waals surface area contributed by atoms with Crippen LogP contribution in [-0.2, 0) is 4.79 Å². The summed E-state index contributed by atoms with van der Waals surface area (Å²) in [6.07, 6.45) is 1.12. The van der Waals surface area contributed by atoms with E-state index in [2.05, 4.69) is 29.5 Å². The average molecular weight is 404 g/mol. The van der Waals surface area contributed by atoms with E-state index < -0.39 is 6.04 Å². The molecule has 0 unspecified atom stereocenters. The number of anilines is 1. The number of nitrogens with zero attached hydrogens (tertiary/aromatic N) is 2. The molecule has 1 aliphatic carbocycles. The standard InChI is InChI=1S/C23H21FN4O2/c1-23(2)11-16-19(17(29)12-23)20(13-6-5-7-14(24)10-13)27-21(25-16)28-22-26-15-8-3-4-9-18(15)30-22/h3-10,20H,11-12H2,1-2H3,(H2,25,26,27,28)/t20-/m1/s1. The van der Waals surface area contributed by atoms with Gasteiger partial charge in [-0.15, -0.1) is 0 Å². The van der Waals surface area contributed by atoms with Crippen molar-refractivity contribution in [1.82, 2.24) is 10.3 Å². The Morgan fingerprint density at radius 3 is 2.80 bits per heavy atom. The van der Waals surface area contributed by atoms with Crippen molar-refractivity contribution in [3.05, 3.63) is 71.2 Å². The minimum atomic E-state index is -0.590. The minimum Gasteiger partial charge on any atom is -0.423 e. The summed E-state index contributed by atoms with van der Waals surface area (Å²) in [7, 11) is 0. The van der Waals surface area contributed by atoms with Crippen molar-refractivity contribution in [3.8, 4) is 0 Å². The van der Waals surface area contributed by atoms with Gasteiger partial charge in [-0.1, -0.05) is 38.1 Å². The highest BCUT2D eigenvalue weighted by atomic mass is 19.1. The molecule has 3 aromatic rings. The number of rotatable bonds is 2. The van der Waals surface area contributed by atoms with Crippen LogP contribution in [0.3, 0.4) is 0 Å². The van der Waals surface area contributed by atoms with Gasteiger partial charge in [-0.05, 0) is 41.7 Å². The molecular formula is C23H21FN4O2. The van der Waals surface area contributed by atoms with E-state index in [4.69, 9.17) is 9.41 Å². The average Bonchev–Trinajstić information content (AvgIpc) is 3.08. The molecule has 0 saturated heterocycles. The molecule has 2 aliphatic rings. The number of aliphatic imine (C=N–C) groups is 1.